The zero-order valence-electron chi connectivity index (χ0n) is 19.3. The van der Waals surface area contributed by atoms with E-state index in [1.807, 2.05) is 4.72 Å². The number of aryl methyl sites for hydroxylation is 1. The van der Waals surface area contributed by atoms with E-state index in [-0.39, 0.29) is 16.7 Å². The van der Waals surface area contributed by atoms with Crippen LogP contribution in [0.2, 0.25) is 0 Å². The van der Waals surface area contributed by atoms with Gasteiger partial charge >= 0.3 is 6.03 Å². The van der Waals surface area contributed by atoms with E-state index < -0.39 is 64.4 Å². The maximum atomic E-state index is 15.5. The van der Waals surface area contributed by atoms with Crippen molar-refractivity contribution in [2.24, 2.45) is 0 Å². The second-order valence-corrected chi connectivity index (χ2v) is 10.6. The van der Waals surface area contributed by atoms with Gasteiger partial charge in [0.1, 0.15) is 17.7 Å². The molecule has 1 heterocycles. The van der Waals surface area contributed by atoms with Crippen LogP contribution in [-0.2, 0) is 16.4 Å². The Morgan fingerprint density at radius 3 is 2.29 bits per heavy atom. The van der Waals surface area contributed by atoms with Gasteiger partial charge in [-0.3, -0.25) is 0 Å². The first-order chi connectivity index (χ1) is 15.8. The van der Waals surface area contributed by atoms with Crippen LogP contribution in [0.4, 0.5) is 22.4 Å². The van der Waals surface area contributed by atoms with Crippen molar-refractivity contribution in [3.63, 3.8) is 0 Å². The zero-order chi connectivity index (χ0) is 25.4. The second kappa shape index (κ2) is 9.53. The molecule has 2 atom stereocenters. The Morgan fingerprint density at radius 1 is 1.12 bits per heavy atom. The minimum absolute atomic E-state index is 0.0144. The van der Waals surface area contributed by atoms with Crippen molar-refractivity contribution in [1.29, 1.82) is 0 Å². The van der Waals surface area contributed by atoms with Gasteiger partial charge in [-0.05, 0) is 31.4 Å². The van der Waals surface area contributed by atoms with E-state index in [1.165, 1.54) is 58.3 Å². The Hall–Kier alpha value is -2.66. The Labute approximate surface area is 196 Å². The molecule has 11 heteroatoms. The average molecular weight is 502 g/mol. The average Bonchev–Trinajstić information content (AvgIpc) is 3.00. The summed E-state index contributed by atoms with van der Waals surface area (Å²) in [6, 6.07) is 4.62. The van der Waals surface area contributed by atoms with Gasteiger partial charge in [0.2, 0.25) is 10.0 Å². The number of likely N-dealkylation sites (tertiary alicyclic amines) is 1. The van der Waals surface area contributed by atoms with Crippen LogP contribution < -0.4 is 4.72 Å². The highest BCUT2D eigenvalue weighted by molar-refractivity contribution is 7.89. The number of alkyl halides is 2. The maximum absolute atomic E-state index is 15.5. The lowest BCUT2D eigenvalue weighted by molar-refractivity contribution is -0.00498. The van der Waals surface area contributed by atoms with Crippen LogP contribution in [0.5, 0.6) is 0 Å². The third-order valence-electron chi connectivity index (χ3n) is 5.93. The first-order valence-electron chi connectivity index (χ1n) is 10.7. The van der Waals surface area contributed by atoms with E-state index in [1.54, 1.807) is 6.07 Å². The molecule has 0 bridgehead atoms. The number of amides is 2. The number of nitrogens with one attached hydrogen (secondary N) is 1. The highest BCUT2D eigenvalue weighted by Gasteiger charge is 2.57. The van der Waals surface area contributed by atoms with Gasteiger partial charge in [0.15, 0.2) is 0 Å². The molecule has 3 rings (SSSR count). The molecule has 0 aromatic heterocycles. The smallest absolute Gasteiger partial charge is 0.320 e. The molecule has 6 nitrogen and oxygen atoms in total. The summed E-state index contributed by atoms with van der Waals surface area (Å²) >= 11 is 0. The van der Waals surface area contributed by atoms with Crippen molar-refractivity contribution in [1.82, 2.24) is 14.5 Å². The van der Waals surface area contributed by atoms with Crippen molar-refractivity contribution < 1.29 is 30.8 Å². The Bertz CT molecular complexity index is 1190. The molecule has 1 saturated heterocycles. The third kappa shape index (κ3) is 5.05. The van der Waals surface area contributed by atoms with E-state index in [0.29, 0.717) is 5.56 Å². The van der Waals surface area contributed by atoms with E-state index in [9.17, 15) is 26.4 Å². The SMILES string of the molecule is CCS(=O)(=O)N[C@@H]1[C@H](Cc2cccc(-c3cccc(C)c3F)c2F)N(C(=O)N(C)C)CC1(F)F. The number of carbonyl (C=O) groups is 1. The summed E-state index contributed by atoms with van der Waals surface area (Å²) in [6.45, 7) is 1.81. The number of rotatable bonds is 6. The van der Waals surface area contributed by atoms with Gasteiger partial charge < -0.3 is 9.80 Å². The minimum Gasteiger partial charge on any atom is -0.331 e. The molecule has 186 valence electrons. The molecule has 2 aromatic rings. The fraction of sp³-hybridized carbons (Fsp3) is 0.435. The van der Waals surface area contributed by atoms with E-state index in [0.717, 1.165) is 9.80 Å². The second-order valence-electron chi connectivity index (χ2n) is 8.55. The number of carbonyl (C=O) groups excluding carboxylic acids is 1. The summed E-state index contributed by atoms with van der Waals surface area (Å²) in [5.41, 5.74) is 0.230. The van der Waals surface area contributed by atoms with Gasteiger partial charge in [-0.2, -0.15) is 0 Å². The molecule has 1 aliphatic heterocycles. The summed E-state index contributed by atoms with van der Waals surface area (Å²) in [5.74, 6) is -5.46. The largest absolute Gasteiger partial charge is 0.331 e. The maximum Gasteiger partial charge on any atom is 0.320 e. The summed E-state index contributed by atoms with van der Waals surface area (Å²) < 4.78 is 86.4. The zero-order valence-corrected chi connectivity index (χ0v) is 20.1. The van der Waals surface area contributed by atoms with Gasteiger partial charge in [0.25, 0.3) is 5.92 Å². The van der Waals surface area contributed by atoms with E-state index in [4.69, 9.17) is 0 Å². The van der Waals surface area contributed by atoms with Crippen molar-refractivity contribution in [2.75, 3.05) is 26.4 Å². The van der Waals surface area contributed by atoms with Gasteiger partial charge in [-0.1, -0.05) is 36.4 Å². The molecule has 2 aromatic carbocycles. The number of hydrogen-bond donors (Lipinski definition) is 1. The lowest BCUT2D eigenvalue weighted by Crippen LogP contribution is -2.53. The minimum atomic E-state index is -4.07. The van der Waals surface area contributed by atoms with Crippen molar-refractivity contribution >= 4 is 16.1 Å². The molecule has 0 aliphatic carbocycles. The van der Waals surface area contributed by atoms with Crippen LogP contribution in [0.3, 0.4) is 0 Å². The number of sulfonamides is 1. The quantitative estimate of drug-likeness (QED) is 0.613. The lowest BCUT2D eigenvalue weighted by Gasteiger charge is -2.30. The predicted molar refractivity (Wildman–Crippen MR) is 121 cm³/mol. The first kappa shape index (κ1) is 26.0. The fourth-order valence-electron chi connectivity index (χ4n) is 4.07. The van der Waals surface area contributed by atoms with Crippen LogP contribution in [0.15, 0.2) is 36.4 Å². The Morgan fingerprint density at radius 2 is 1.71 bits per heavy atom. The number of benzene rings is 2. The highest BCUT2D eigenvalue weighted by Crippen LogP contribution is 2.37. The molecule has 1 N–H and O–H groups in total. The van der Waals surface area contributed by atoms with Crippen LogP contribution in [0, 0.1) is 18.6 Å². The Kier molecular flexibility index (Phi) is 7.28. The monoisotopic (exact) mass is 501 g/mol. The molecule has 1 fully saturated rings. The molecule has 0 unspecified atom stereocenters. The molecular formula is C23H27F4N3O3S. The van der Waals surface area contributed by atoms with E-state index >= 15 is 4.39 Å². The number of nitrogens with zero attached hydrogens (tertiary/aromatic N) is 2. The standard InChI is InChI=1S/C23H27F4N3O3S/c1-5-34(32,33)28-21-18(30(13-23(21,26)27)22(31)29(3)4)12-15-9-7-11-17(20(15)25)16-10-6-8-14(2)19(16)24/h6-11,18,21,28H,5,12-13H2,1-4H3/t18-,21+/m0/s1. The normalized spacial score (nSPS) is 19.9. The molecule has 0 saturated carbocycles. The summed E-state index contributed by atoms with van der Waals surface area (Å²) in [4.78, 5) is 14.6. The van der Waals surface area contributed by atoms with Crippen LogP contribution in [0.1, 0.15) is 18.1 Å². The molecular weight excluding hydrogens is 474 g/mol. The van der Waals surface area contributed by atoms with Gasteiger partial charge in [0.05, 0.1) is 18.3 Å². The number of halogens is 4. The molecule has 1 aliphatic rings. The van der Waals surface area contributed by atoms with Gasteiger partial charge in [-0.15, -0.1) is 0 Å². The third-order valence-corrected chi connectivity index (χ3v) is 7.30. The topological polar surface area (TPSA) is 69.7 Å². The summed E-state index contributed by atoms with van der Waals surface area (Å²) in [7, 11) is -1.31. The van der Waals surface area contributed by atoms with Crippen LogP contribution in [0.25, 0.3) is 11.1 Å². The highest BCUT2D eigenvalue weighted by atomic mass is 32.2. The van der Waals surface area contributed by atoms with Gasteiger partial charge in [-0.25, -0.2) is 35.5 Å². The molecule has 0 radical (unpaired) electrons. The van der Waals surface area contributed by atoms with Gasteiger partial charge in [0, 0.05) is 25.2 Å². The van der Waals surface area contributed by atoms with Crippen molar-refractivity contribution in [2.45, 2.75) is 38.3 Å². The summed E-state index contributed by atoms with van der Waals surface area (Å²) in [5, 5.41) is 0. The molecule has 2 amide bonds. The van der Waals surface area contributed by atoms with Crippen molar-refractivity contribution in [3.8, 4) is 11.1 Å². The number of hydrogen-bond acceptors (Lipinski definition) is 3. The lowest BCUT2D eigenvalue weighted by atomic mass is 9.94. The fourth-order valence-corrected chi connectivity index (χ4v) is 4.95. The number of urea groups is 1. The van der Waals surface area contributed by atoms with Crippen LogP contribution in [-0.4, -0.2) is 68.6 Å². The summed E-state index contributed by atoms with van der Waals surface area (Å²) in [6.07, 6.45) is -0.404. The first-order valence-corrected chi connectivity index (χ1v) is 12.3. The Balaban J connectivity index is 2.07. The molecule has 0 spiro atoms. The van der Waals surface area contributed by atoms with Crippen molar-refractivity contribution in [3.05, 3.63) is 59.2 Å². The molecule has 34 heavy (non-hydrogen) atoms. The predicted octanol–water partition coefficient (Wildman–Crippen LogP) is 3.79. The van der Waals surface area contributed by atoms with Crippen LogP contribution >= 0.6 is 0 Å². The van der Waals surface area contributed by atoms with E-state index in [2.05, 4.69) is 0 Å².